The Morgan fingerprint density at radius 1 is 0.939 bits per heavy atom. The molecule has 0 spiro atoms. The first-order valence-corrected chi connectivity index (χ1v) is 11.2. The Balaban J connectivity index is 1.30. The molecule has 0 atom stereocenters. The number of hydrogen-bond acceptors (Lipinski definition) is 4. The van der Waals surface area contributed by atoms with Gasteiger partial charge in [0.05, 0.1) is 31.1 Å². The fourth-order valence-electron chi connectivity index (χ4n) is 3.80. The lowest BCUT2D eigenvalue weighted by Gasteiger charge is -2.11. The van der Waals surface area contributed by atoms with E-state index in [1.165, 1.54) is 0 Å². The van der Waals surface area contributed by atoms with Crippen LogP contribution in [-0.4, -0.2) is 35.7 Å². The number of amides is 1. The molecule has 0 unspecified atom stereocenters. The average molecular weight is 444 g/mol. The lowest BCUT2D eigenvalue weighted by atomic mass is 10.1. The van der Waals surface area contributed by atoms with Crippen LogP contribution < -0.4 is 14.8 Å². The Kier molecular flexibility index (Phi) is 7.59. The van der Waals surface area contributed by atoms with Crippen molar-refractivity contribution in [3.8, 4) is 11.5 Å². The number of carbonyl (C=O) groups excluding carboxylic acids is 1. The highest BCUT2D eigenvalue weighted by Gasteiger charge is 2.11. The first-order valence-electron chi connectivity index (χ1n) is 11.2. The van der Waals surface area contributed by atoms with Crippen molar-refractivity contribution in [2.24, 2.45) is 0 Å². The van der Waals surface area contributed by atoms with E-state index in [1.54, 1.807) is 7.11 Å². The van der Waals surface area contributed by atoms with Crippen molar-refractivity contribution in [2.75, 3.05) is 20.3 Å². The summed E-state index contributed by atoms with van der Waals surface area (Å²) in [6.45, 7) is 1.89. The zero-order valence-corrected chi connectivity index (χ0v) is 18.9. The highest BCUT2D eigenvalue weighted by Crippen LogP contribution is 2.18. The van der Waals surface area contributed by atoms with Crippen LogP contribution in [0.4, 0.5) is 0 Å². The third-order valence-electron chi connectivity index (χ3n) is 5.48. The fraction of sp³-hybridized carbons (Fsp3) is 0.259. The second-order valence-electron chi connectivity index (χ2n) is 7.81. The summed E-state index contributed by atoms with van der Waals surface area (Å²) in [7, 11) is 1.63. The molecule has 4 rings (SSSR count). The molecular weight excluding hydrogens is 414 g/mol. The second kappa shape index (κ2) is 11.2. The Morgan fingerprint density at radius 2 is 1.70 bits per heavy atom. The van der Waals surface area contributed by atoms with Crippen LogP contribution in [0.3, 0.4) is 0 Å². The summed E-state index contributed by atoms with van der Waals surface area (Å²) < 4.78 is 13.3. The van der Waals surface area contributed by atoms with Gasteiger partial charge in [-0.25, -0.2) is 4.98 Å². The molecule has 0 fully saturated rings. The lowest BCUT2D eigenvalue weighted by Crippen LogP contribution is -2.26. The van der Waals surface area contributed by atoms with E-state index in [9.17, 15) is 4.79 Å². The largest absolute Gasteiger partial charge is 0.497 e. The van der Waals surface area contributed by atoms with Crippen LogP contribution >= 0.6 is 0 Å². The third kappa shape index (κ3) is 6.13. The molecule has 6 heteroatoms. The minimum absolute atomic E-state index is 0.0185. The van der Waals surface area contributed by atoms with Crippen molar-refractivity contribution in [1.82, 2.24) is 14.9 Å². The number of para-hydroxylation sites is 3. The van der Waals surface area contributed by atoms with E-state index in [0.29, 0.717) is 26.1 Å². The van der Waals surface area contributed by atoms with Crippen molar-refractivity contribution in [2.45, 2.75) is 25.8 Å². The van der Waals surface area contributed by atoms with Crippen molar-refractivity contribution < 1.29 is 14.3 Å². The average Bonchev–Trinajstić information content (AvgIpc) is 3.20. The zero-order chi connectivity index (χ0) is 22.9. The number of imidazole rings is 1. The van der Waals surface area contributed by atoms with Gasteiger partial charge in [-0.1, -0.05) is 42.5 Å². The molecule has 1 amide bonds. The number of aromatic nitrogens is 2. The van der Waals surface area contributed by atoms with Gasteiger partial charge >= 0.3 is 0 Å². The molecule has 6 nitrogen and oxygen atoms in total. The summed E-state index contributed by atoms with van der Waals surface area (Å²) in [6.07, 6.45) is 1.96. The number of rotatable bonds is 11. The monoisotopic (exact) mass is 443 g/mol. The van der Waals surface area contributed by atoms with Crippen molar-refractivity contribution in [3.63, 3.8) is 0 Å². The summed E-state index contributed by atoms with van der Waals surface area (Å²) in [5.74, 6) is 2.68. The van der Waals surface area contributed by atoms with Gasteiger partial charge in [0, 0.05) is 13.0 Å². The maximum atomic E-state index is 12.3. The molecule has 1 heterocycles. The van der Waals surface area contributed by atoms with Gasteiger partial charge in [-0.3, -0.25) is 4.79 Å². The zero-order valence-electron chi connectivity index (χ0n) is 18.9. The molecule has 0 saturated carbocycles. The van der Waals surface area contributed by atoms with Crippen LogP contribution in [0.2, 0.25) is 0 Å². The van der Waals surface area contributed by atoms with E-state index in [0.717, 1.165) is 46.8 Å². The number of nitrogens with zero attached hydrogens (tertiary/aromatic N) is 2. The quantitative estimate of drug-likeness (QED) is 0.349. The molecule has 1 N–H and O–H groups in total. The Bertz CT molecular complexity index is 1170. The number of aryl methyl sites for hydroxylation is 1. The maximum absolute atomic E-state index is 12.3. The van der Waals surface area contributed by atoms with E-state index < -0.39 is 0 Å². The molecule has 3 aromatic carbocycles. The van der Waals surface area contributed by atoms with Crippen molar-refractivity contribution in [1.29, 1.82) is 0 Å². The molecule has 0 bridgehead atoms. The van der Waals surface area contributed by atoms with Crippen LogP contribution in [0.1, 0.15) is 17.8 Å². The summed E-state index contributed by atoms with van der Waals surface area (Å²) >= 11 is 0. The first-order chi connectivity index (χ1) is 16.2. The molecule has 0 radical (unpaired) electrons. The maximum Gasteiger partial charge on any atom is 0.224 e. The molecule has 170 valence electrons. The summed E-state index contributed by atoms with van der Waals surface area (Å²) in [5.41, 5.74) is 3.05. The minimum Gasteiger partial charge on any atom is -0.497 e. The van der Waals surface area contributed by atoms with Gasteiger partial charge in [0.1, 0.15) is 23.9 Å². The fourth-order valence-corrected chi connectivity index (χ4v) is 3.80. The topological polar surface area (TPSA) is 65.4 Å². The Morgan fingerprint density at radius 3 is 2.48 bits per heavy atom. The minimum atomic E-state index is 0.0185. The molecule has 0 aliphatic rings. The molecule has 0 aliphatic carbocycles. The summed E-state index contributed by atoms with van der Waals surface area (Å²) in [6, 6.07) is 25.6. The van der Waals surface area contributed by atoms with Crippen LogP contribution in [0, 0.1) is 0 Å². The normalized spacial score (nSPS) is 10.8. The van der Waals surface area contributed by atoms with Gasteiger partial charge in [-0.15, -0.1) is 0 Å². The molecule has 0 saturated heterocycles. The van der Waals surface area contributed by atoms with Crippen LogP contribution in [0.25, 0.3) is 11.0 Å². The number of nitrogens with one attached hydrogen (secondary N) is 1. The smallest absolute Gasteiger partial charge is 0.224 e. The molecule has 1 aromatic heterocycles. The number of hydrogen-bond donors (Lipinski definition) is 1. The summed E-state index contributed by atoms with van der Waals surface area (Å²) in [5, 5.41) is 3.02. The Hall–Kier alpha value is -3.80. The Labute approximate surface area is 194 Å². The third-order valence-corrected chi connectivity index (χ3v) is 5.48. The van der Waals surface area contributed by atoms with Crippen molar-refractivity contribution >= 4 is 16.9 Å². The van der Waals surface area contributed by atoms with Gasteiger partial charge in [-0.05, 0) is 48.4 Å². The van der Waals surface area contributed by atoms with E-state index >= 15 is 0 Å². The van der Waals surface area contributed by atoms with Crippen molar-refractivity contribution in [3.05, 3.63) is 90.3 Å². The van der Waals surface area contributed by atoms with Gasteiger partial charge in [0.2, 0.25) is 5.91 Å². The predicted octanol–water partition coefficient (Wildman–Crippen LogP) is 4.42. The van der Waals surface area contributed by atoms with E-state index in [1.807, 2.05) is 72.8 Å². The summed E-state index contributed by atoms with van der Waals surface area (Å²) in [4.78, 5) is 17.1. The lowest BCUT2D eigenvalue weighted by molar-refractivity contribution is -0.120. The molecule has 33 heavy (non-hydrogen) atoms. The van der Waals surface area contributed by atoms with E-state index in [4.69, 9.17) is 14.5 Å². The van der Waals surface area contributed by atoms with E-state index in [2.05, 4.69) is 16.0 Å². The van der Waals surface area contributed by atoms with Crippen LogP contribution in [0.5, 0.6) is 11.5 Å². The van der Waals surface area contributed by atoms with E-state index in [-0.39, 0.29) is 5.91 Å². The number of carbonyl (C=O) groups is 1. The highest BCUT2D eigenvalue weighted by atomic mass is 16.5. The van der Waals surface area contributed by atoms with Crippen LogP contribution in [0.15, 0.2) is 78.9 Å². The van der Waals surface area contributed by atoms with Gasteiger partial charge in [-0.2, -0.15) is 0 Å². The van der Waals surface area contributed by atoms with Crippen LogP contribution in [-0.2, 0) is 24.2 Å². The van der Waals surface area contributed by atoms with Gasteiger partial charge < -0.3 is 19.4 Å². The first kappa shape index (κ1) is 22.4. The predicted molar refractivity (Wildman–Crippen MR) is 130 cm³/mol. The SMILES string of the molecule is COc1ccc(CC(=O)NCCCc2nc3ccccc3n2CCOc2ccccc2)cc1. The van der Waals surface area contributed by atoms with Gasteiger partial charge in [0.25, 0.3) is 0 Å². The second-order valence-corrected chi connectivity index (χ2v) is 7.81. The molecule has 4 aromatic rings. The highest BCUT2D eigenvalue weighted by molar-refractivity contribution is 5.78. The molecular formula is C27H29N3O3. The number of ether oxygens (including phenoxy) is 2. The molecule has 0 aliphatic heterocycles. The number of fused-ring (bicyclic) bond motifs is 1. The standard InChI is InChI=1S/C27H29N3O3/c1-32-22-15-13-21(14-16-22)20-27(31)28-17-7-12-26-29-24-10-5-6-11-25(24)30(26)18-19-33-23-8-3-2-4-9-23/h2-6,8-11,13-16H,7,12,17-20H2,1H3,(H,28,31). The number of methoxy groups -OCH3 is 1. The van der Waals surface area contributed by atoms with Gasteiger partial charge in [0.15, 0.2) is 0 Å². The number of benzene rings is 3.